The van der Waals surface area contributed by atoms with Crippen LogP contribution in [0.2, 0.25) is 0 Å². The molecule has 0 aromatic carbocycles. The fourth-order valence-corrected chi connectivity index (χ4v) is 1.80. The van der Waals surface area contributed by atoms with Crippen LogP contribution in [0.15, 0.2) is 0 Å². The normalized spacial score (nSPS) is 28.9. The minimum atomic E-state index is -0.762. The van der Waals surface area contributed by atoms with Gasteiger partial charge in [0.1, 0.15) is 6.17 Å². The van der Waals surface area contributed by atoms with Gasteiger partial charge in [-0.1, -0.05) is 0 Å². The molecular formula is C10H20FNO2. The maximum Gasteiger partial charge on any atom is 0.114 e. The Morgan fingerprint density at radius 1 is 1.57 bits per heavy atom. The number of halogens is 1. The molecule has 2 unspecified atom stereocenters. The van der Waals surface area contributed by atoms with Crippen molar-refractivity contribution in [3.63, 3.8) is 0 Å². The van der Waals surface area contributed by atoms with E-state index in [9.17, 15) is 4.39 Å². The molecular weight excluding hydrogens is 185 g/mol. The molecule has 1 heterocycles. The van der Waals surface area contributed by atoms with Crippen LogP contribution in [0.3, 0.4) is 0 Å². The minimum absolute atomic E-state index is 0.0882. The Morgan fingerprint density at radius 2 is 2.29 bits per heavy atom. The van der Waals surface area contributed by atoms with Gasteiger partial charge >= 0.3 is 0 Å². The van der Waals surface area contributed by atoms with E-state index < -0.39 is 6.17 Å². The van der Waals surface area contributed by atoms with Crippen molar-refractivity contribution in [3.8, 4) is 0 Å². The van der Waals surface area contributed by atoms with Crippen molar-refractivity contribution >= 4 is 0 Å². The monoisotopic (exact) mass is 205 g/mol. The van der Waals surface area contributed by atoms with Crippen LogP contribution in [-0.4, -0.2) is 54.6 Å². The molecule has 0 saturated carbocycles. The summed E-state index contributed by atoms with van der Waals surface area (Å²) in [5, 5.41) is 8.80. The number of likely N-dealkylation sites (tertiary alicyclic amines) is 1. The van der Waals surface area contributed by atoms with E-state index >= 15 is 0 Å². The second-order valence-electron chi connectivity index (χ2n) is 4.09. The van der Waals surface area contributed by atoms with Crippen molar-refractivity contribution in [2.45, 2.75) is 38.6 Å². The topological polar surface area (TPSA) is 32.7 Å². The van der Waals surface area contributed by atoms with Gasteiger partial charge in [-0.05, 0) is 20.3 Å². The zero-order valence-electron chi connectivity index (χ0n) is 8.95. The molecule has 0 aliphatic carbocycles. The van der Waals surface area contributed by atoms with Crippen molar-refractivity contribution in [2.75, 3.05) is 26.3 Å². The zero-order valence-corrected chi connectivity index (χ0v) is 8.95. The van der Waals surface area contributed by atoms with Crippen LogP contribution in [0.25, 0.3) is 0 Å². The SMILES string of the molecule is CC(C)OCC1CC(F)CN1CCO. The second kappa shape index (κ2) is 5.63. The highest BCUT2D eigenvalue weighted by Crippen LogP contribution is 2.20. The number of nitrogens with zero attached hydrogens (tertiary/aromatic N) is 1. The summed E-state index contributed by atoms with van der Waals surface area (Å²) in [5.74, 6) is 0. The molecule has 1 aliphatic rings. The van der Waals surface area contributed by atoms with Gasteiger partial charge in [0.05, 0.1) is 19.3 Å². The summed E-state index contributed by atoms with van der Waals surface area (Å²) in [6.45, 7) is 5.58. The van der Waals surface area contributed by atoms with Crippen LogP contribution in [0, 0.1) is 0 Å². The summed E-state index contributed by atoms with van der Waals surface area (Å²) in [5.41, 5.74) is 0. The molecule has 1 aliphatic heterocycles. The minimum Gasteiger partial charge on any atom is -0.395 e. The summed E-state index contributed by atoms with van der Waals surface area (Å²) in [7, 11) is 0. The molecule has 4 heteroatoms. The van der Waals surface area contributed by atoms with Gasteiger partial charge in [0.15, 0.2) is 0 Å². The number of ether oxygens (including phenoxy) is 1. The Labute approximate surface area is 84.9 Å². The highest BCUT2D eigenvalue weighted by molar-refractivity contribution is 4.85. The van der Waals surface area contributed by atoms with Crippen LogP contribution in [0.5, 0.6) is 0 Å². The summed E-state index contributed by atoms with van der Waals surface area (Å²) < 4.78 is 18.6. The van der Waals surface area contributed by atoms with E-state index in [1.54, 1.807) is 0 Å². The number of aliphatic hydroxyl groups excluding tert-OH is 1. The standard InChI is InChI=1S/C10H20FNO2/c1-8(2)14-7-10-5-9(11)6-12(10)3-4-13/h8-10,13H,3-7H2,1-2H3. The van der Waals surface area contributed by atoms with E-state index in [2.05, 4.69) is 0 Å². The molecule has 1 saturated heterocycles. The summed E-state index contributed by atoms with van der Waals surface area (Å²) in [6.07, 6.45) is -0.0425. The van der Waals surface area contributed by atoms with Crippen LogP contribution in [0.4, 0.5) is 4.39 Å². The predicted molar refractivity (Wildman–Crippen MR) is 53.0 cm³/mol. The fourth-order valence-electron chi connectivity index (χ4n) is 1.80. The number of hydrogen-bond acceptors (Lipinski definition) is 3. The average Bonchev–Trinajstić information content (AvgIpc) is 2.44. The van der Waals surface area contributed by atoms with Gasteiger partial charge in [-0.25, -0.2) is 4.39 Å². The first kappa shape index (κ1) is 11.9. The molecule has 0 spiro atoms. The summed E-state index contributed by atoms with van der Waals surface area (Å²) >= 11 is 0. The number of β-amino-alcohol motifs (C(OH)–C–C–N with tert-alkyl or cyclic N) is 1. The third kappa shape index (κ3) is 3.52. The van der Waals surface area contributed by atoms with Gasteiger partial charge in [-0.2, -0.15) is 0 Å². The Balaban J connectivity index is 2.33. The molecule has 0 aromatic heterocycles. The predicted octanol–water partition coefficient (Wildman–Crippen LogP) is 0.816. The van der Waals surface area contributed by atoms with Crippen molar-refractivity contribution in [1.82, 2.24) is 4.90 Å². The van der Waals surface area contributed by atoms with Gasteiger partial charge in [0, 0.05) is 19.1 Å². The quantitative estimate of drug-likeness (QED) is 0.721. The highest BCUT2D eigenvalue weighted by Gasteiger charge is 2.31. The lowest BCUT2D eigenvalue weighted by Crippen LogP contribution is -2.36. The van der Waals surface area contributed by atoms with Gasteiger partial charge in [0.2, 0.25) is 0 Å². The molecule has 1 N–H and O–H groups in total. The maximum absolute atomic E-state index is 13.1. The van der Waals surface area contributed by atoms with Gasteiger partial charge in [-0.3, -0.25) is 4.90 Å². The number of hydrogen-bond donors (Lipinski definition) is 1. The van der Waals surface area contributed by atoms with Crippen molar-refractivity contribution in [2.24, 2.45) is 0 Å². The largest absolute Gasteiger partial charge is 0.395 e. The molecule has 0 bridgehead atoms. The number of aliphatic hydroxyl groups is 1. The van der Waals surface area contributed by atoms with Crippen molar-refractivity contribution in [3.05, 3.63) is 0 Å². The summed E-state index contributed by atoms with van der Waals surface area (Å²) in [6, 6.07) is 0.138. The van der Waals surface area contributed by atoms with Crippen LogP contribution >= 0.6 is 0 Å². The molecule has 0 radical (unpaired) electrons. The lowest BCUT2D eigenvalue weighted by atomic mass is 10.2. The molecule has 3 nitrogen and oxygen atoms in total. The lowest BCUT2D eigenvalue weighted by Gasteiger charge is -2.23. The number of rotatable bonds is 5. The van der Waals surface area contributed by atoms with Crippen LogP contribution in [0.1, 0.15) is 20.3 Å². The Kier molecular flexibility index (Phi) is 4.78. The van der Waals surface area contributed by atoms with E-state index in [0.29, 0.717) is 26.1 Å². The van der Waals surface area contributed by atoms with Gasteiger partial charge < -0.3 is 9.84 Å². The van der Waals surface area contributed by atoms with Crippen LogP contribution < -0.4 is 0 Å². The van der Waals surface area contributed by atoms with Gasteiger partial charge in [0.25, 0.3) is 0 Å². The fraction of sp³-hybridized carbons (Fsp3) is 1.00. The number of alkyl halides is 1. The first-order valence-corrected chi connectivity index (χ1v) is 5.24. The van der Waals surface area contributed by atoms with Gasteiger partial charge in [-0.15, -0.1) is 0 Å². The first-order valence-electron chi connectivity index (χ1n) is 5.24. The van der Waals surface area contributed by atoms with E-state index in [1.165, 1.54) is 0 Å². The summed E-state index contributed by atoms with van der Waals surface area (Å²) in [4.78, 5) is 1.97. The Hall–Kier alpha value is -0.190. The average molecular weight is 205 g/mol. The molecule has 2 atom stereocenters. The van der Waals surface area contributed by atoms with E-state index in [1.807, 2.05) is 18.7 Å². The molecule has 14 heavy (non-hydrogen) atoms. The third-order valence-corrected chi connectivity index (χ3v) is 2.49. The second-order valence-corrected chi connectivity index (χ2v) is 4.09. The molecule has 84 valence electrons. The zero-order chi connectivity index (χ0) is 10.6. The molecule has 0 aromatic rings. The van der Waals surface area contributed by atoms with E-state index in [0.717, 1.165) is 0 Å². The third-order valence-electron chi connectivity index (χ3n) is 2.49. The molecule has 1 fully saturated rings. The first-order chi connectivity index (χ1) is 6.63. The van der Waals surface area contributed by atoms with E-state index in [-0.39, 0.29) is 18.8 Å². The Bertz CT molecular complexity index is 166. The van der Waals surface area contributed by atoms with Crippen LogP contribution in [-0.2, 0) is 4.74 Å². The Morgan fingerprint density at radius 3 is 2.86 bits per heavy atom. The van der Waals surface area contributed by atoms with Crippen molar-refractivity contribution < 1.29 is 14.2 Å². The maximum atomic E-state index is 13.1. The highest BCUT2D eigenvalue weighted by atomic mass is 19.1. The molecule has 0 amide bonds. The van der Waals surface area contributed by atoms with Crippen molar-refractivity contribution in [1.29, 1.82) is 0 Å². The molecule has 1 rings (SSSR count). The van der Waals surface area contributed by atoms with E-state index in [4.69, 9.17) is 9.84 Å². The lowest BCUT2D eigenvalue weighted by molar-refractivity contribution is 0.0336. The smallest absolute Gasteiger partial charge is 0.114 e.